The van der Waals surface area contributed by atoms with Crippen LogP contribution in [0.15, 0.2) is 22.6 Å². The van der Waals surface area contributed by atoms with Gasteiger partial charge in [-0.1, -0.05) is 0 Å². The summed E-state index contributed by atoms with van der Waals surface area (Å²) in [6.07, 6.45) is 1.49. The monoisotopic (exact) mass is 402 g/mol. The Kier molecular flexibility index (Phi) is 8.17. The second kappa shape index (κ2) is 9.65. The third kappa shape index (κ3) is 9.34. The van der Waals surface area contributed by atoms with Crippen LogP contribution in [0.1, 0.15) is 39.2 Å². The van der Waals surface area contributed by atoms with E-state index in [0.717, 1.165) is 0 Å². The Morgan fingerprint density at radius 2 is 1.96 bits per heavy atom. The lowest BCUT2D eigenvalue weighted by molar-refractivity contribution is -0.385. The van der Waals surface area contributed by atoms with Gasteiger partial charge in [-0.3, -0.25) is 10.1 Å². The zero-order chi connectivity index (χ0) is 20.7. The van der Waals surface area contributed by atoms with Gasteiger partial charge in [0.2, 0.25) is 0 Å². The van der Waals surface area contributed by atoms with Gasteiger partial charge in [-0.15, -0.1) is 4.36 Å². The number of ether oxygens (including phenoxy) is 2. The minimum absolute atomic E-state index is 0.0353. The molecule has 10 heteroatoms. The summed E-state index contributed by atoms with van der Waals surface area (Å²) in [5.74, 6) is 0.0885. The number of aliphatic hydroxyl groups is 1. The average molecular weight is 402 g/mol. The number of rotatable bonds is 8. The number of non-ortho nitro benzene ring substituents is 1. The topological polar surface area (TPSA) is 128 Å². The van der Waals surface area contributed by atoms with E-state index in [9.17, 15) is 19.1 Å². The summed E-state index contributed by atoms with van der Waals surface area (Å²) >= 11 is 0. The molecular weight excluding hydrogens is 376 g/mol. The molecule has 0 aromatic heterocycles. The summed E-state index contributed by atoms with van der Waals surface area (Å²) in [5, 5.41) is 19.9. The van der Waals surface area contributed by atoms with E-state index in [2.05, 4.69) is 4.36 Å². The first-order chi connectivity index (χ1) is 12.4. The van der Waals surface area contributed by atoms with Crippen LogP contribution in [-0.4, -0.2) is 45.4 Å². The molecule has 9 nitrogen and oxygen atoms in total. The fourth-order valence-electron chi connectivity index (χ4n) is 2.10. The minimum Gasteiger partial charge on any atom is -0.493 e. The number of aliphatic hydroxyl groups excluding tert-OH is 1. The molecule has 0 bridgehead atoms. The van der Waals surface area contributed by atoms with Crippen LogP contribution in [0.2, 0.25) is 0 Å². The Balaban J connectivity index is 3.03. The Morgan fingerprint density at radius 1 is 1.30 bits per heavy atom. The van der Waals surface area contributed by atoms with E-state index in [-0.39, 0.29) is 30.4 Å². The molecule has 0 aliphatic carbocycles. The number of carbonyl (C=O) groups excluding carboxylic acids is 1. The number of carbonyl (C=O) groups is 1. The third-order valence-corrected chi connectivity index (χ3v) is 4.48. The quantitative estimate of drug-likeness (QED) is 0.401. The van der Waals surface area contributed by atoms with Crippen LogP contribution in [0.5, 0.6) is 5.75 Å². The van der Waals surface area contributed by atoms with Gasteiger partial charge in [-0.2, -0.15) is 0 Å². The van der Waals surface area contributed by atoms with Crippen LogP contribution in [0.3, 0.4) is 0 Å². The van der Waals surface area contributed by atoms with Crippen molar-refractivity contribution in [3.8, 4) is 5.75 Å². The summed E-state index contributed by atoms with van der Waals surface area (Å²) < 4.78 is 26.8. The number of nitro groups is 1. The molecule has 1 atom stereocenters. The van der Waals surface area contributed by atoms with Crippen LogP contribution in [0.25, 0.3) is 0 Å². The van der Waals surface area contributed by atoms with Gasteiger partial charge in [0, 0.05) is 18.9 Å². The van der Waals surface area contributed by atoms with Gasteiger partial charge < -0.3 is 14.6 Å². The molecule has 0 fully saturated rings. The SMILES string of the molecule is CC(C)(C)OC(=O)N=S(C)(=O)Cc1cc(OCCCCO)cc([N+](=O)[O-])c1. The molecule has 0 heterocycles. The maximum absolute atomic E-state index is 12.6. The Labute approximate surface area is 159 Å². The summed E-state index contributed by atoms with van der Waals surface area (Å²) in [6.45, 7) is 5.31. The fraction of sp³-hybridized carbons (Fsp3) is 0.588. The first kappa shape index (κ1) is 22.8. The molecule has 0 radical (unpaired) electrons. The molecule has 0 spiro atoms. The lowest BCUT2D eigenvalue weighted by atomic mass is 10.2. The molecule has 0 aliphatic rings. The summed E-state index contributed by atoms with van der Waals surface area (Å²) in [7, 11) is -3.01. The lowest BCUT2D eigenvalue weighted by Crippen LogP contribution is -2.22. The maximum Gasteiger partial charge on any atom is 0.442 e. The van der Waals surface area contributed by atoms with Gasteiger partial charge in [0.05, 0.1) is 33.1 Å². The normalized spacial score (nSPS) is 13.5. The number of nitrogens with zero attached hydrogens (tertiary/aromatic N) is 2. The number of benzene rings is 1. The second-order valence-electron chi connectivity index (χ2n) is 7.05. The van der Waals surface area contributed by atoms with Gasteiger partial charge in [0.25, 0.3) is 5.69 Å². The molecular formula is C17H26N2O7S. The molecule has 1 N–H and O–H groups in total. The summed E-state index contributed by atoms with van der Waals surface area (Å²) in [5.41, 5.74) is -0.615. The molecule has 0 saturated heterocycles. The van der Waals surface area contributed by atoms with Crippen molar-refractivity contribution in [2.45, 2.75) is 45.0 Å². The van der Waals surface area contributed by atoms with Crippen LogP contribution in [0, 0.1) is 10.1 Å². The number of unbranched alkanes of at least 4 members (excludes halogenated alkanes) is 1. The van der Waals surface area contributed by atoms with E-state index in [1.165, 1.54) is 24.5 Å². The lowest BCUT2D eigenvalue weighted by Gasteiger charge is -2.17. The van der Waals surface area contributed by atoms with E-state index in [0.29, 0.717) is 18.4 Å². The first-order valence-electron chi connectivity index (χ1n) is 8.37. The van der Waals surface area contributed by atoms with Gasteiger partial charge in [0.15, 0.2) is 0 Å². The van der Waals surface area contributed by atoms with Crippen molar-refractivity contribution in [3.05, 3.63) is 33.9 Å². The number of amides is 1. The van der Waals surface area contributed by atoms with Crippen molar-refractivity contribution in [2.24, 2.45) is 4.36 Å². The molecule has 0 saturated carbocycles. The molecule has 1 aromatic rings. The minimum atomic E-state index is -3.01. The van der Waals surface area contributed by atoms with Crippen molar-refractivity contribution < 1.29 is 28.5 Å². The molecule has 27 heavy (non-hydrogen) atoms. The third-order valence-electron chi connectivity index (χ3n) is 3.08. The van der Waals surface area contributed by atoms with Crippen LogP contribution in [0.4, 0.5) is 10.5 Å². The van der Waals surface area contributed by atoms with E-state index in [1.807, 2.05) is 0 Å². The van der Waals surface area contributed by atoms with Gasteiger partial charge in [0.1, 0.15) is 11.4 Å². The zero-order valence-corrected chi connectivity index (χ0v) is 16.8. The Hall–Kier alpha value is -2.20. The smallest absolute Gasteiger partial charge is 0.442 e. The predicted octanol–water partition coefficient (Wildman–Crippen LogP) is 3.28. The van der Waals surface area contributed by atoms with Gasteiger partial charge >= 0.3 is 6.09 Å². The summed E-state index contributed by atoms with van der Waals surface area (Å²) in [4.78, 5) is 22.3. The average Bonchev–Trinajstić information content (AvgIpc) is 2.48. The van der Waals surface area contributed by atoms with Crippen molar-refractivity contribution >= 4 is 21.5 Å². The van der Waals surface area contributed by atoms with Crippen LogP contribution in [-0.2, 0) is 20.2 Å². The van der Waals surface area contributed by atoms with Crippen molar-refractivity contribution in [1.82, 2.24) is 0 Å². The van der Waals surface area contributed by atoms with Crippen molar-refractivity contribution in [2.75, 3.05) is 19.5 Å². The molecule has 0 aliphatic heterocycles. The molecule has 1 aromatic carbocycles. The standard InChI is InChI=1S/C17H26N2O7S/c1-17(2,3)26-16(21)18-27(4,24)12-13-9-14(19(22)23)11-15(10-13)25-8-6-5-7-20/h9-11,20H,5-8,12H2,1-4H3. The Bertz CT molecular complexity index is 793. The molecule has 152 valence electrons. The van der Waals surface area contributed by atoms with E-state index in [1.54, 1.807) is 20.8 Å². The molecule has 1 unspecified atom stereocenters. The molecule has 1 rings (SSSR count). The fourth-order valence-corrected chi connectivity index (χ4v) is 3.30. The maximum atomic E-state index is 12.6. The van der Waals surface area contributed by atoms with Gasteiger partial charge in [-0.05, 0) is 45.2 Å². The number of nitro benzene ring substituents is 1. The number of hydrogen-bond acceptors (Lipinski definition) is 7. The van der Waals surface area contributed by atoms with E-state index < -0.39 is 26.3 Å². The van der Waals surface area contributed by atoms with Crippen molar-refractivity contribution in [1.29, 1.82) is 0 Å². The van der Waals surface area contributed by atoms with E-state index in [4.69, 9.17) is 14.6 Å². The highest BCUT2D eigenvalue weighted by Gasteiger charge is 2.19. The first-order valence-corrected chi connectivity index (χ1v) is 10.5. The zero-order valence-electron chi connectivity index (χ0n) is 16.0. The van der Waals surface area contributed by atoms with Crippen molar-refractivity contribution in [3.63, 3.8) is 0 Å². The van der Waals surface area contributed by atoms with Gasteiger partial charge in [-0.25, -0.2) is 9.00 Å². The highest BCUT2D eigenvalue weighted by Crippen LogP contribution is 2.25. The number of hydrogen-bond donors (Lipinski definition) is 1. The Morgan fingerprint density at radius 3 is 2.52 bits per heavy atom. The molecule has 1 amide bonds. The van der Waals surface area contributed by atoms with E-state index >= 15 is 0 Å². The second-order valence-corrected chi connectivity index (χ2v) is 9.44. The highest BCUT2D eigenvalue weighted by molar-refractivity contribution is 7.92. The summed E-state index contributed by atoms with van der Waals surface area (Å²) in [6, 6.07) is 4.07. The van der Waals surface area contributed by atoms with Crippen LogP contribution < -0.4 is 4.74 Å². The predicted molar refractivity (Wildman–Crippen MR) is 101 cm³/mol. The highest BCUT2D eigenvalue weighted by atomic mass is 32.2. The van der Waals surface area contributed by atoms with Crippen LogP contribution >= 0.6 is 0 Å². The largest absolute Gasteiger partial charge is 0.493 e.